The highest BCUT2D eigenvalue weighted by Crippen LogP contribution is 2.36. The first-order chi connectivity index (χ1) is 12.3. The Labute approximate surface area is 152 Å². The maximum Gasteiger partial charge on any atom is 0.211 e. The minimum Gasteiger partial charge on any atom is -0.486 e. The molecular weight excluding hydrogens is 382 g/mol. The van der Waals surface area contributed by atoms with Gasteiger partial charge >= 0.3 is 0 Å². The van der Waals surface area contributed by atoms with Gasteiger partial charge in [-0.25, -0.2) is 21.6 Å². The summed E-state index contributed by atoms with van der Waals surface area (Å²) in [6, 6.07) is 7.37. The van der Waals surface area contributed by atoms with Gasteiger partial charge in [0, 0.05) is 12.6 Å². The number of furan rings is 1. The molecule has 0 amide bonds. The van der Waals surface area contributed by atoms with E-state index in [1.54, 1.807) is 6.07 Å². The molecule has 10 heteroatoms. The van der Waals surface area contributed by atoms with Crippen molar-refractivity contribution >= 4 is 19.9 Å². The van der Waals surface area contributed by atoms with Crippen molar-refractivity contribution in [1.29, 1.82) is 0 Å². The minimum absolute atomic E-state index is 0.00107. The number of ether oxygens (including phenoxy) is 2. The van der Waals surface area contributed by atoms with Crippen molar-refractivity contribution in [3.8, 4) is 11.5 Å². The lowest BCUT2D eigenvalue weighted by Crippen LogP contribution is -2.32. The number of rotatable bonds is 7. The third-order valence-electron chi connectivity index (χ3n) is 3.95. The van der Waals surface area contributed by atoms with Crippen molar-refractivity contribution in [2.45, 2.75) is 17.1 Å². The zero-order chi connectivity index (χ0) is 18.8. The molecule has 1 aliphatic rings. The average Bonchev–Trinajstić information content (AvgIpc) is 3.15. The molecule has 1 aromatic heterocycles. The van der Waals surface area contributed by atoms with Crippen LogP contribution in [0.15, 0.2) is 45.9 Å². The van der Waals surface area contributed by atoms with Gasteiger partial charge in [0.05, 0.1) is 16.9 Å². The molecule has 26 heavy (non-hydrogen) atoms. The Balaban J connectivity index is 1.96. The van der Waals surface area contributed by atoms with Crippen molar-refractivity contribution in [2.75, 3.05) is 25.5 Å². The summed E-state index contributed by atoms with van der Waals surface area (Å²) in [6.45, 7) is 1.86. The number of sulfonamides is 1. The quantitative estimate of drug-likeness (QED) is 0.748. The molecule has 0 unspecified atom stereocenters. The van der Waals surface area contributed by atoms with Crippen LogP contribution in [0.1, 0.15) is 17.9 Å². The summed E-state index contributed by atoms with van der Waals surface area (Å²) in [5.74, 6) is 0.807. The highest BCUT2D eigenvalue weighted by molar-refractivity contribution is 7.92. The second kappa shape index (κ2) is 7.29. The van der Waals surface area contributed by atoms with Crippen molar-refractivity contribution in [3.63, 3.8) is 0 Å². The highest BCUT2D eigenvalue weighted by atomic mass is 32.2. The van der Waals surface area contributed by atoms with E-state index < -0.39 is 25.1 Å². The number of fused-ring (bicyclic) bond motifs is 1. The van der Waals surface area contributed by atoms with Crippen LogP contribution in [0.5, 0.6) is 11.5 Å². The second-order valence-electron chi connectivity index (χ2n) is 5.61. The minimum atomic E-state index is -3.94. The SMILES string of the molecule is CCS(=O)(=O)NC[C@@H](c1ccco1)S(=O)(=O)c1ccc2c(c1)OCCO2. The lowest BCUT2D eigenvalue weighted by Gasteiger charge is -2.20. The zero-order valence-corrected chi connectivity index (χ0v) is 15.7. The first-order valence-electron chi connectivity index (χ1n) is 7.98. The van der Waals surface area contributed by atoms with Crippen LogP contribution in [0.3, 0.4) is 0 Å². The lowest BCUT2D eigenvalue weighted by atomic mass is 10.3. The Kier molecular flexibility index (Phi) is 5.26. The van der Waals surface area contributed by atoms with Crippen LogP contribution in [0, 0.1) is 0 Å². The first kappa shape index (κ1) is 18.7. The number of sulfone groups is 1. The van der Waals surface area contributed by atoms with Crippen LogP contribution in [0.25, 0.3) is 0 Å². The molecule has 8 nitrogen and oxygen atoms in total. The fourth-order valence-electron chi connectivity index (χ4n) is 2.51. The molecule has 0 radical (unpaired) electrons. The van der Waals surface area contributed by atoms with Gasteiger partial charge in [-0.1, -0.05) is 0 Å². The van der Waals surface area contributed by atoms with Crippen LogP contribution in [-0.2, 0) is 19.9 Å². The molecule has 1 aromatic carbocycles. The van der Waals surface area contributed by atoms with Crippen LogP contribution < -0.4 is 14.2 Å². The molecule has 0 bridgehead atoms. The van der Waals surface area contributed by atoms with Gasteiger partial charge in [0.15, 0.2) is 21.3 Å². The van der Waals surface area contributed by atoms with E-state index >= 15 is 0 Å². The summed E-state index contributed by atoms with van der Waals surface area (Å²) in [5.41, 5.74) is 0. The Bertz CT molecular complexity index is 966. The van der Waals surface area contributed by atoms with Crippen LogP contribution in [0.2, 0.25) is 0 Å². The first-order valence-corrected chi connectivity index (χ1v) is 11.2. The van der Waals surface area contributed by atoms with Gasteiger partial charge in [-0.2, -0.15) is 0 Å². The van der Waals surface area contributed by atoms with E-state index in [0.29, 0.717) is 24.7 Å². The Morgan fingerprint density at radius 2 is 1.81 bits per heavy atom. The molecule has 0 saturated heterocycles. The number of hydrogen-bond donors (Lipinski definition) is 1. The summed E-state index contributed by atoms with van der Waals surface area (Å²) < 4.78 is 68.2. The van der Waals surface area contributed by atoms with Gasteiger partial charge in [-0.3, -0.25) is 0 Å². The van der Waals surface area contributed by atoms with E-state index in [2.05, 4.69) is 4.72 Å². The van der Waals surface area contributed by atoms with E-state index in [-0.39, 0.29) is 23.0 Å². The second-order valence-corrected chi connectivity index (χ2v) is 9.83. The predicted molar refractivity (Wildman–Crippen MR) is 93.5 cm³/mol. The van der Waals surface area contributed by atoms with E-state index in [4.69, 9.17) is 13.9 Å². The van der Waals surface area contributed by atoms with Crippen LogP contribution >= 0.6 is 0 Å². The summed E-state index contributed by atoms with van der Waals surface area (Å²) in [7, 11) is -7.51. The van der Waals surface area contributed by atoms with Gasteiger partial charge in [0.1, 0.15) is 24.2 Å². The normalized spacial score (nSPS) is 15.6. The third kappa shape index (κ3) is 3.87. The molecule has 1 atom stereocenters. The van der Waals surface area contributed by atoms with Gasteiger partial charge in [-0.05, 0) is 31.2 Å². The molecule has 0 fully saturated rings. The Morgan fingerprint density at radius 3 is 2.46 bits per heavy atom. The fraction of sp³-hybridized carbons (Fsp3) is 0.375. The molecule has 3 rings (SSSR count). The van der Waals surface area contributed by atoms with Gasteiger partial charge < -0.3 is 13.9 Å². The number of benzene rings is 1. The predicted octanol–water partition coefficient (Wildman–Crippen LogP) is 1.51. The summed E-state index contributed by atoms with van der Waals surface area (Å²) in [4.78, 5) is -0.00107. The highest BCUT2D eigenvalue weighted by Gasteiger charge is 2.33. The molecule has 142 valence electrons. The maximum absolute atomic E-state index is 13.1. The molecule has 0 spiro atoms. The molecule has 1 N–H and O–H groups in total. The molecule has 2 heterocycles. The van der Waals surface area contributed by atoms with Gasteiger partial charge in [0.25, 0.3) is 0 Å². The van der Waals surface area contributed by atoms with Crippen molar-refractivity contribution in [3.05, 3.63) is 42.4 Å². The lowest BCUT2D eigenvalue weighted by molar-refractivity contribution is 0.171. The number of hydrogen-bond acceptors (Lipinski definition) is 7. The maximum atomic E-state index is 13.1. The van der Waals surface area contributed by atoms with Crippen molar-refractivity contribution in [1.82, 2.24) is 4.72 Å². The summed E-state index contributed by atoms with van der Waals surface area (Å²) >= 11 is 0. The average molecular weight is 401 g/mol. The van der Waals surface area contributed by atoms with E-state index in [1.165, 1.54) is 37.5 Å². The monoisotopic (exact) mass is 401 g/mol. The molecule has 0 aliphatic carbocycles. The van der Waals surface area contributed by atoms with Gasteiger partial charge in [0.2, 0.25) is 10.0 Å². The standard InChI is InChI=1S/C16H19NO7S2/c1-2-25(18,19)17-11-16(14-4-3-7-22-14)26(20,21)12-5-6-13-15(10-12)24-9-8-23-13/h3-7,10,16-17H,2,8-9,11H2,1H3/t16-/m0/s1. The van der Waals surface area contributed by atoms with Crippen molar-refractivity contribution in [2.24, 2.45) is 0 Å². The number of nitrogens with one attached hydrogen (secondary N) is 1. The van der Waals surface area contributed by atoms with Crippen molar-refractivity contribution < 1.29 is 30.7 Å². The van der Waals surface area contributed by atoms with Crippen LogP contribution in [-0.4, -0.2) is 42.3 Å². The summed E-state index contributed by atoms with van der Waals surface area (Å²) in [5, 5.41) is -1.21. The Hall–Kier alpha value is -2.04. The van der Waals surface area contributed by atoms with Gasteiger partial charge in [-0.15, -0.1) is 0 Å². The molecule has 1 aliphatic heterocycles. The third-order valence-corrected chi connectivity index (χ3v) is 7.37. The largest absolute Gasteiger partial charge is 0.486 e. The molecule has 0 saturated carbocycles. The van der Waals surface area contributed by atoms with E-state index in [1.807, 2.05) is 0 Å². The smallest absolute Gasteiger partial charge is 0.211 e. The van der Waals surface area contributed by atoms with Crippen LogP contribution in [0.4, 0.5) is 0 Å². The molecule has 2 aromatic rings. The fourth-order valence-corrected chi connectivity index (χ4v) is 4.84. The summed E-state index contributed by atoms with van der Waals surface area (Å²) in [6.07, 6.45) is 1.34. The molecular formula is C16H19NO7S2. The topological polar surface area (TPSA) is 112 Å². The zero-order valence-electron chi connectivity index (χ0n) is 14.0. The van der Waals surface area contributed by atoms with E-state index in [9.17, 15) is 16.8 Å². The van der Waals surface area contributed by atoms with E-state index in [0.717, 1.165) is 0 Å². The Morgan fingerprint density at radius 1 is 1.08 bits per heavy atom.